The first-order chi connectivity index (χ1) is 10.5. The van der Waals surface area contributed by atoms with Gasteiger partial charge in [-0.05, 0) is 26.0 Å². The highest BCUT2D eigenvalue weighted by atomic mass is 16.5. The number of carbonyl (C=O) groups excluding carboxylic acids is 2. The summed E-state index contributed by atoms with van der Waals surface area (Å²) in [5, 5.41) is 12.3. The van der Waals surface area contributed by atoms with Gasteiger partial charge in [-0.3, -0.25) is 14.7 Å². The first-order valence-corrected chi connectivity index (χ1v) is 6.73. The van der Waals surface area contributed by atoms with E-state index >= 15 is 0 Å². The topological polar surface area (TPSA) is 96.1 Å². The van der Waals surface area contributed by atoms with Gasteiger partial charge in [0, 0.05) is 7.11 Å². The predicted molar refractivity (Wildman–Crippen MR) is 83.0 cm³/mol. The summed E-state index contributed by atoms with van der Waals surface area (Å²) in [4.78, 5) is 24.1. The van der Waals surface area contributed by atoms with Crippen LogP contribution < -0.4 is 10.6 Å². The Hall–Kier alpha value is -2.67. The summed E-state index contributed by atoms with van der Waals surface area (Å²) >= 11 is 0. The summed E-state index contributed by atoms with van der Waals surface area (Å²) in [6, 6.07) is 6.78. The van der Waals surface area contributed by atoms with E-state index in [1.54, 1.807) is 31.2 Å². The van der Waals surface area contributed by atoms with E-state index in [4.69, 9.17) is 4.74 Å². The Labute approximate surface area is 128 Å². The third kappa shape index (κ3) is 3.50. The number of amides is 2. The summed E-state index contributed by atoms with van der Waals surface area (Å²) in [6.07, 6.45) is 0. The first-order valence-electron chi connectivity index (χ1n) is 6.73. The Morgan fingerprint density at radius 2 is 1.95 bits per heavy atom. The lowest BCUT2D eigenvalue weighted by atomic mass is 10.1. The minimum atomic E-state index is -0.321. The molecule has 2 rings (SSSR count). The highest BCUT2D eigenvalue weighted by Gasteiger charge is 2.16. The molecule has 1 aromatic heterocycles. The minimum Gasteiger partial charge on any atom is -0.375 e. The van der Waals surface area contributed by atoms with Gasteiger partial charge in [-0.2, -0.15) is 5.10 Å². The van der Waals surface area contributed by atoms with Crippen molar-refractivity contribution >= 4 is 23.2 Å². The van der Waals surface area contributed by atoms with Crippen molar-refractivity contribution in [1.29, 1.82) is 0 Å². The van der Waals surface area contributed by atoms with E-state index in [-0.39, 0.29) is 18.4 Å². The quantitative estimate of drug-likeness (QED) is 0.785. The van der Waals surface area contributed by atoms with Crippen molar-refractivity contribution in [3.63, 3.8) is 0 Å². The van der Waals surface area contributed by atoms with Gasteiger partial charge in [0.05, 0.1) is 28.3 Å². The third-order valence-corrected chi connectivity index (χ3v) is 3.09. The summed E-state index contributed by atoms with van der Waals surface area (Å²) in [5.41, 5.74) is 2.91. The van der Waals surface area contributed by atoms with Crippen molar-refractivity contribution in [2.75, 3.05) is 24.4 Å². The lowest BCUT2D eigenvalue weighted by Gasteiger charge is -2.11. The number of H-pyrrole nitrogens is 1. The molecule has 0 unspecified atom stereocenters. The van der Waals surface area contributed by atoms with Crippen LogP contribution in [-0.4, -0.2) is 35.7 Å². The maximum absolute atomic E-state index is 12.4. The van der Waals surface area contributed by atoms with Gasteiger partial charge in [-0.15, -0.1) is 0 Å². The summed E-state index contributed by atoms with van der Waals surface area (Å²) < 4.78 is 4.77. The SMILES string of the molecule is COCC(=O)Nc1ccccc1C(=O)Nc1c(C)n[nH]c1C. The molecule has 1 aromatic carbocycles. The van der Waals surface area contributed by atoms with Crippen LogP contribution in [0.2, 0.25) is 0 Å². The van der Waals surface area contributed by atoms with Crippen molar-refractivity contribution in [3.8, 4) is 0 Å². The fourth-order valence-electron chi connectivity index (χ4n) is 2.02. The molecule has 2 aromatic rings. The van der Waals surface area contributed by atoms with Crippen molar-refractivity contribution in [2.24, 2.45) is 0 Å². The summed E-state index contributed by atoms with van der Waals surface area (Å²) in [7, 11) is 1.43. The number of aryl methyl sites for hydroxylation is 2. The van der Waals surface area contributed by atoms with Crippen LogP contribution in [0.4, 0.5) is 11.4 Å². The summed E-state index contributed by atoms with van der Waals surface area (Å²) in [5.74, 6) is -0.640. The van der Waals surface area contributed by atoms with Crippen LogP contribution >= 0.6 is 0 Å². The van der Waals surface area contributed by atoms with E-state index < -0.39 is 0 Å². The van der Waals surface area contributed by atoms with Gasteiger partial charge in [-0.1, -0.05) is 12.1 Å². The molecule has 0 aliphatic carbocycles. The number of hydrogen-bond acceptors (Lipinski definition) is 4. The number of methoxy groups -OCH3 is 1. The molecule has 0 spiro atoms. The second kappa shape index (κ2) is 6.86. The van der Waals surface area contributed by atoms with Crippen LogP contribution in [0.5, 0.6) is 0 Å². The van der Waals surface area contributed by atoms with Crippen molar-refractivity contribution in [3.05, 3.63) is 41.2 Å². The van der Waals surface area contributed by atoms with Gasteiger partial charge in [0.2, 0.25) is 5.91 Å². The Morgan fingerprint density at radius 1 is 1.23 bits per heavy atom. The highest BCUT2D eigenvalue weighted by molar-refractivity contribution is 6.10. The number of carbonyl (C=O) groups is 2. The molecule has 2 amide bonds. The number of para-hydroxylation sites is 1. The molecule has 7 heteroatoms. The number of anilines is 2. The van der Waals surface area contributed by atoms with Gasteiger partial charge >= 0.3 is 0 Å². The van der Waals surface area contributed by atoms with E-state index in [2.05, 4.69) is 20.8 Å². The molecule has 0 fully saturated rings. The van der Waals surface area contributed by atoms with Crippen LogP contribution in [0.1, 0.15) is 21.7 Å². The minimum absolute atomic E-state index is 0.0735. The van der Waals surface area contributed by atoms with E-state index in [1.165, 1.54) is 7.11 Å². The predicted octanol–water partition coefficient (Wildman–Crippen LogP) is 1.86. The third-order valence-electron chi connectivity index (χ3n) is 3.09. The lowest BCUT2D eigenvalue weighted by molar-refractivity contribution is -0.119. The molecule has 0 bridgehead atoms. The van der Waals surface area contributed by atoms with E-state index in [9.17, 15) is 9.59 Å². The molecule has 0 atom stereocenters. The Bertz CT molecular complexity index is 674. The number of rotatable bonds is 5. The molecule has 0 aliphatic rings. The monoisotopic (exact) mass is 302 g/mol. The molecule has 0 aliphatic heterocycles. The van der Waals surface area contributed by atoms with Gasteiger partial charge in [-0.25, -0.2) is 0 Å². The summed E-state index contributed by atoms with van der Waals surface area (Å²) in [6.45, 7) is 3.54. The molecule has 22 heavy (non-hydrogen) atoms. The second-order valence-corrected chi connectivity index (χ2v) is 4.79. The number of nitrogens with zero attached hydrogens (tertiary/aromatic N) is 1. The van der Waals surface area contributed by atoms with Crippen molar-refractivity contribution in [1.82, 2.24) is 10.2 Å². The van der Waals surface area contributed by atoms with Crippen LogP contribution in [0, 0.1) is 13.8 Å². The molecule has 0 saturated heterocycles. The van der Waals surface area contributed by atoms with Gasteiger partial charge in [0.25, 0.3) is 5.91 Å². The van der Waals surface area contributed by atoms with Crippen LogP contribution in [0.15, 0.2) is 24.3 Å². The second-order valence-electron chi connectivity index (χ2n) is 4.79. The standard InChI is InChI=1S/C15H18N4O3/c1-9-14(10(2)19-18-9)17-15(21)11-6-4-5-7-12(11)16-13(20)8-22-3/h4-7H,8H2,1-3H3,(H,16,20)(H,17,21)(H,18,19). The molecular weight excluding hydrogens is 284 g/mol. The average molecular weight is 302 g/mol. The molecule has 1 heterocycles. The molecule has 3 N–H and O–H groups in total. The molecule has 0 saturated carbocycles. The highest BCUT2D eigenvalue weighted by Crippen LogP contribution is 2.20. The zero-order valence-corrected chi connectivity index (χ0v) is 12.7. The average Bonchev–Trinajstić information content (AvgIpc) is 2.80. The maximum atomic E-state index is 12.4. The maximum Gasteiger partial charge on any atom is 0.257 e. The number of nitrogens with one attached hydrogen (secondary N) is 3. The molecule has 116 valence electrons. The number of hydrogen-bond donors (Lipinski definition) is 3. The fraction of sp³-hybridized carbons (Fsp3) is 0.267. The van der Waals surface area contributed by atoms with Gasteiger partial charge in [0.15, 0.2) is 0 Å². The Balaban J connectivity index is 2.21. The van der Waals surface area contributed by atoms with Gasteiger partial charge in [0.1, 0.15) is 6.61 Å². The Morgan fingerprint density at radius 3 is 2.59 bits per heavy atom. The van der Waals surface area contributed by atoms with Crippen LogP contribution in [-0.2, 0) is 9.53 Å². The van der Waals surface area contributed by atoms with E-state index in [0.717, 1.165) is 5.69 Å². The van der Waals surface area contributed by atoms with Gasteiger partial charge < -0.3 is 15.4 Å². The largest absolute Gasteiger partial charge is 0.375 e. The number of ether oxygens (including phenoxy) is 1. The van der Waals surface area contributed by atoms with E-state index in [0.29, 0.717) is 22.6 Å². The lowest BCUT2D eigenvalue weighted by Crippen LogP contribution is -2.21. The normalized spacial score (nSPS) is 10.3. The molecular formula is C15H18N4O3. The smallest absolute Gasteiger partial charge is 0.257 e. The van der Waals surface area contributed by atoms with Crippen molar-refractivity contribution in [2.45, 2.75) is 13.8 Å². The van der Waals surface area contributed by atoms with Crippen molar-refractivity contribution < 1.29 is 14.3 Å². The van der Waals surface area contributed by atoms with Crippen LogP contribution in [0.25, 0.3) is 0 Å². The first kappa shape index (κ1) is 15.7. The molecule has 7 nitrogen and oxygen atoms in total. The zero-order chi connectivity index (χ0) is 16.1. The fourth-order valence-corrected chi connectivity index (χ4v) is 2.02. The number of aromatic nitrogens is 2. The Kier molecular flexibility index (Phi) is 4.90. The van der Waals surface area contributed by atoms with Crippen LogP contribution in [0.3, 0.4) is 0 Å². The van der Waals surface area contributed by atoms with E-state index in [1.807, 2.05) is 6.92 Å². The zero-order valence-electron chi connectivity index (χ0n) is 12.7. The number of aromatic amines is 1. The number of benzene rings is 1. The molecule has 0 radical (unpaired) electrons.